The van der Waals surface area contributed by atoms with Gasteiger partial charge >= 0.3 is 5.97 Å². The van der Waals surface area contributed by atoms with E-state index < -0.39 is 5.97 Å². The first-order valence-electron chi connectivity index (χ1n) is 5.50. The lowest BCUT2D eigenvalue weighted by Crippen LogP contribution is -2.05. The number of hydrogen-bond donors (Lipinski definition) is 1. The van der Waals surface area contributed by atoms with Crippen molar-refractivity contribution in [2.24, 2.45) is 0 Å². The monoisotopic (exact) mass is 323 g/mol. The molecule has 19 heavy (non-hydrogen) atoms. The van der Waals surface area contributed by atoms with Crippen molar-refractivity contribution < 1.29 is 13.9 Å². The summed E-state index contributed by atoms with van der Waals surface area (Å²) in [5.74, 6) is -0.804. The Hall–Kier alpha value is -1.88. The summed E-state index contributed by atoms with van der Waals surface area (Å²) in [5.41, 5.74) is 1.49. The van der Waals surface area contributed by atoms with E-state index in [0.29, 0.717) is 16.9 Å². The van der Waals surface area contributed by atoms with Crippen molar-refractivity contribution in [3.05, 3.63) is 58.3 Å². The quantitative estimate of drug-likeness (QED) is 0.863. The van der Waals surface area contributed by atoms with Crippen LogP contribution in [-0.2, 0) is 4.74 Å². The molecule has 0 spiro atoms. The average Bonchev–Trinajstić information content (AvgIpc) is 2.40. The molecule has 0 aliphatic heterocycles. The Labute approximate surface area is 118 Å². The number of rotatable bonds is 3. The van der Waals surface area contributed by atoms with Gasteiger partial charge in [-0.05, 0) is 36.4 Å². The molecule has 0 amide bonds. The fourth-order valence-electron chi connectivity index (χ4n) is 1.63. The minimum absolute atomic E-state index is 0.346. The van der Waals surface area contributed by atoms with Gasteiger partial charge in [-0.15, -0.1) is 0 Å². The van der Waals surface area contributed by atoms with Crippen LogP contribution in [0.3, 0.4) is 0 Å². The summed E-state index contributed by atoms with van der Waals surface area (Å²) in [6, 6.07) is 11.2. The highest BCUT2D eigenvalue weighted by Gasteiger charge is 2.12. The number of carbonyl (C=O) groups excluding carboxylic acids is 1. The molecule has 2 aromatic rings. The molecule has 0 saturated heterocycles. The van der Waals surface area contributed by atoms with Crippen LogP contribution < -0.4 is 5.32 Å². The van der Waals surface area contributed by atoms with Crippen LogP contribution in [0.4, 0.5) is 15.8 Å². The predicted octanol–water partition coefficient (Wildman–Crippen LogP) is 4.12. The van der Waals surface area contributed by atoms with Crippen LogP contribution in [-0.4, -0.2) is 13.1 Å². The van der Waals surface area contributed by atoms with E-state index in [9.17, 15) is 9.18 Å². The van der Waals surface area contributed by atoms with Crippen LogP contribution in [0.2, 0.25) is 0 Å². The Morgan fingerprint density at radius 3 is 2.74 bits per heavy atom. The lowest BCUT2D eigenvalue weighted by Gasteiger charge is -2.11. The van der Waals surface area contributed by atoms with Crippen molar-refractivity contribution in [3.63, 3.8) is 0 Å². The molecule has 0 aliphatic carbocycles. The topological polar surface area (TPSA) is 38.3 Å². The summed E-state index contributed by atoms with van der Waals surface area (Å²) < 4.78 is 18.6. The van der Waals surface area contributed by atoms with Crippen molar-refractivity contribution in [3.8, 4) is 0 Å². The zero-order chi connectivity index (χ0) is 13.8. The minimum atomic E-state index is -0.458. The van der Waals surface area contributed by atoms with E-state index in [-0.39, 0.29) is 5.82 Å². The number of esters is 1. The average molecular weight is 324 g/mol. The third kappa shape index (κ3) is 3.32. The molecule has 0 aromatic heterocycles. The molecule has 0 saturated carbocycles. The van der Waals surface area contributed by atoms with Crippen molar-refractivity contribution in [1.29, 1.82) is 0 Å². The van der Waals surface area contributed by atoms with Gasteiger partial charge in [-0.25, -0.2) is 9.18 Å². The lowest BCUT2D eigenvalue weighted by molar-refractivity contribution is 0.0602. The molecule has 0 aliphatic rings. The van der Waals surface area contributed by atoms with E-state index >= 15 is 0 Å². The van der Waals surface area contributed by atoms with Gasteiger partial charge in [0.05, 0.1) is 18.4 Å². The SMILES string of the molecule is COC(=O)c1cc(Br)ccc1Nc1cccc(F)c1. The maximum atomic E-state index is 13.1. The molecule has 3 nitrogen and oxygen atoms in total. The van der Waals surface area contributed by atoms with Gasteiger partial charge in [-0.3, -0.25) is 0 Å². The molecular formula is C14H11BrFNO2. The molecule has 2 rings (SSSR count). The van der Waals surface area contributed by atoms with Gasteiger partial charge in [-0.1, -0.05) is 22.0 Å². The Kier molecular flexibility index (Phi) is 4.16. The highest BCUT2D eigenvalue weighted by atomic mass is 79.9. The van der Waals surface area contributed by atoms with Crippen LogP contribution in [0.25, 0.3) is 0 Å². The number of carbonyl (C=O) groups is 1. The predicted molar refractivity (Wildman–Crippen MR) is 75.2 cm³/mol. The largest absolute Gasteiger partial charge is 0.465 e. The third-order valence-electron chi connectivity index (χ3n) is 2.49. The van der Waals surface area contributed by atoms with Crippen molar-refractivity contribution >= 4 is 33.3 Å². The number of halogens is 2. The minimum Gasteiger partial charge on any atom is -0.465 e. The zero-order valence-electron chi connectivity index (χ0n) is 10.1. The first kappa shape index (κ1) is 13.5. The first-order valence-corrected chi connectivity index (χ1v) is 6.30. The number of anilines is 2. The third-order valence-corrected chi connectivity index (χ3v) is 2.98. The Morgan fingerprint density at radius 1 is 1.26 bits per heavy atom. The maximum absolute atomic E-state index is 13.1. The van der Waals surface area contributed by atoms with E-state index in [1.54, 1.807) is 30.3 Å². The summed E-state index contributed by atoms with van der Waals surface area (Å²) >= 11 is 3.30. The summed E-state index contributed by atoms with van der Waals surface area (Å²) in [4.78, 5) is 11.7. The fraction of sp³-hybridized carbons (Fsp3) is 0.0714. The van der Waals surface area contributed by atoms with Crippen molar-refractivity contribution in [1.82, 2.24) is 0 Å². The number of nitrogens with one attached hydrogen (secondary N) is 1. The summed E-state index contributed by atoms with van der Waals surface area (Å²) in [6.45, 7) is 0. The van der Waals surface area contributed by atoms with Crippen molar-refractivity contribution in [2.75, 3.05) is 12.4 Å². The zero-order valence-corrected chi connectivity index (χ0v) is 11.7. The molecule has 0 unspecified atom stereocenters. The van der Waals surface area contributed by atoms with Crippen LogP contribution in [0.15, 0.2) is 46.9 Å². The van der Waals surface area contributed by atoms with E-state index in [4.69, 9.17) is 4.74 Å². The lowest BCUT2D eigenvalue weighted by atomic mass is 10.1. The van der Waals surface area contributed by atoms with E-state index in [2.05, 4.69) is 21.2 Å². The van der Waals surface area contributed by atoms with Crippen LogP contribution in [0.5, 0.6) is 0 Å². The van der Waals surface area contributed by atoms with Crippen molar-refractivity contribution in [2.45, 2.75) is 0 Å². The second-order valence-electron chi connectivity index (χ2n) is 3.82. The fourth-order valence-corrected chi connectivity index (χ4v) is 1.99. The van der Waals surface area contributed by atoms with Gasteiger partial charge in [0.25, 0.3) is 0 Å². The Balaban J connectivity index is 2.37. The standard InChI is InChI=1S/C14H11BrFNO2/c1-19-14(18)12-7-9(15)5-6-13(12)17-11-4-2-3-10(16)8-11/h2-8,17H,1H3. The second kappa shape index (κ2) is 5.84. The summed E-state index contributed by atoms with van der Waals surface area (Å²) in [5, 5.41) is 2.99. The number of benzene rings is 2. The second-order valence-corrected chi connectivity index (χ2v) is 4.73. The molecule has 0 heterocycles. The molecule has 98 valence electrons. The van der Waals surface area contributed by atoms with Gasteiger partial charge in [0.1, 0.15) is 5.82 Å². The molecule has 5 heteroatoms. The summed E-state index contributed by atoms with van der Waals surface area (Å²) in [7, 11) is 1.31. The molecule has 0 atom stereocenters. The molecule has 0 fully saturated rings. The molecular weight excluding hydrogens is 313 g/mol. The van der Waals surface area contributed by atoms with E-state index in [1.807, 2.05) is 0 Å². The van der Waals surface area contributed by atoms with E-state index in [0.717, 1.165) is 4.47 Å². The smallest absolute Gasteiger partial charge is 0.340 e. The van der Waals surface area contributed by atoms with Gasteiger partial charge in [0.2, 0.25) is 0 Å². The van der Waals surface area contributed by atoms with Gasteiger partial charge in [0, 0.05) is 10.2 Å². The molecule has 1 N–H and O–H groups in total. The summed E-state index contributed by atoms with van der Waals surface area (Å²) in [6.07, 6.45) is 0. The highest BCUT2D eigenvalue weighted by molar-refractivity contribution is 9.10. The maximum Gasteiger partial charge on any atom is 0.340 e. The Morgan fingerprint density at radius 2 is 2.05 bits per heavy atom. The number of methoxy groups -OCH3 is 1. The van der Waals surface area contributed by atoms with Gasteiger partial charge < -0.3 is 10.1 Å². The molecule has 2 aromatic carbocycles. The van der Waals surface area contributed by atoms with Gasteiger partial charge in [0.15, 0.2) is 0 Å². The molecule has 0 radical (unpaired) electrons. The van der Waals surface area contributed by atoms with Crippen LogP contribution in [0.1, 0.15) is 10.4 Å². The van der Waals surface area contributed by atoms with Crippen LogP contribution >= 0.6 is 15.9 Å². The first-order chi connectivity index (χ1) is 9.10. The number of ether oxygens (including phenoxy) is 1. The van der Waals surface area contributed by atoms with E-state index in [1.165, 1.54) is 19.2 Å². The Bertz CT molecular complexity index is 616. The highest BCUT2D eigenvalue weighted by Crippen LogP contribution is 2.25. The normalized spacial score (nSPS) is 10.1. The number of hydrogen-bond acceptors (Lipinski definition) is 3. The van der Waals surface area contributed by atoms with Gasteiger partial charge in [-0.2, -0.15) is 0 Å². The van der Waals surface area contributed by atoms with Crippen LogP contribution in [0, 0.1) is 5.82 Å². The molecule has 0 bridgehead atoms.